The van der Waals surface area contributed by atoms with Crippen molar-refractivity contribution in [3.63, 3.8) is 0 Å². The first-order chi connectivity index (χ1) is 13.0. The van der Waals surface area contributed by atoms with Gasteiger partial charge in [0.2, 0.25) is 0 Å². The summed E-state index contributed by atoms with van der Waals surface area (Å²) in [5.74, 6) is 0.296. The predicted octanol–water partition coefficient (Wildman–Crippen LogP) is 3.25. The molecule has 2 heterocycles. The Bertz CT molecular complexity index is 887. The number of hydrogen-bond acceptors (Lipinski definition) is 5. The Morgan fingerprint density at radius 1 is 1.15 bits per heavy atom. The molecule has 1 aliphatic rings. The molecule has 0 atom stereocenters. The third-order valence-electron chi connectivity index (χ3n) is 4.40. The molecule has 8 heteroatoms. The van der Waals surface area contributed by atoms with E-state index in [4.69, 9.17) is 4.74 Å². The van der Waals surface area contributed by atoms with Crippen molar-refractivity contribution in [2.24, 2.45) is 0 Å². The van der Waals surface area contributed by atoms with Crippen LogP contribution in [0.15, 0.2) is 40.6 Å². The zero-order chi connectivity index (χ0) is 19.3. The van der Waals surface area contributed by atoms with Gasteiger partial charge < -0.3 is 10.1 Å². The van der Waals surface area contributed by atoms with Crippen molar-refractivity contribution in [1.29, 1.82) is 0 Å². The number of hydrogen-bond donors (Lipinski definition) is 1. The van der Waals surface area contributed by atoms with Crippen LogP contribution in [0, 0.1) is 0 Å². The number of ether oxygens (including phenoxy) is 1. The van der Waals surface area contributed by atoms with Crippen LogP contribution in [0.2, 0.25) is 0 Å². The van der Waals surface area contributed by atoms with Crippen molar-refractivity contribution in [1.82, 2.24) is 9.62 Å². The van der Waals surface area contributed by atoms with Gasteiger partial charge in [-0.05, 0) is 44.0 Å². The minimum absolute atomic E-state index is 0.243. The summed E-state index contributed by atoms with van der Waals surface area (Å²) in [4.78, 5) is 13.3. The van der Waals surface area contributed by atoms with E-state index in [2.05, 4.69) is 5.32 Å². The molecule has 1 aliphatic heterocycles. The SMILES string of the molecule is CCOc1ccccc1C(=O)NCc1ccc(S(=O)(=O)N2CCCCC2)s1. The van der Waals surface area contributed by atoms with Crippen molar-refractivity contribution in [2.75, 3.05) is 19.7 Å². The highest BCUT2D eigenvalue weighted by Crippen LogP contribution is 2.27. The van der Waals surface area contributed by atoms with E-state index >= 15 is 0 Å². The average molecular weight is 409 g/mol. The molecular weight excluding hydrogens is 384 g/mol. The van der Waals surface area contributed by atoms with Gasteiger partial charge in [0.05, 0.1) is 18.7 Å². The fourth-order valence-corrected chi connectivity index (χ4v) is 5.99. The zero-order valence-electron chi connectivity index (χ0n) is 15.3. The van der Waals surface area contributed by atoms with E-state index in [0.717, 1.165) is 24.1 Å². The van der Waals surface area contributed by atoms with Gasteiger partial charge in [-0.25, -0.2) is 8.42 Å². The van der Waals surface area contributed by atoms with E-state index in [0.29, 0.717) is 35.2 Å². The van der Waals surface area contributed by atoms with Crippen LogP contribution < -0.4 is 10.1 Å². The first-order valence-corrected chi connectivity index (χ1v) is 11.4. The summed E-state index contributed by atoms with van der Waals surface area (Å²) in [5.41, 5.74) is 0.470. The molecule has 0 aliphatic carbocycles. The van der Waals surface area contributed by atoms with Crippen LogP contribution in [0.5, 0.6) is 5.75 Å². The van der Waals surface area contributed by atoms with E-state index in [1.807, 2.05) is 13.0 Å². The summed E-state index contributed by atoms with van der Waals surface area (Å²) in [5, 5.41) is 2.84. The third kappa shape index (κ3) is 4.69. The summed E-state index contributed by atoms with van der Waals surface area (Å²) in [6.45, 7) is 3.79. The van der Waals surface area contributed by atoms with Gasteiger partial charge in [-0.2, -0.15) is 4.31 Å². The van der Waals surface area contributed by atoms with Gasteiger partial charge in [-0.15, -0.1) is 11.3 Å². The fraction of sp³-hybridized carbons (Fsp3) is 0.421. The number of amides is 1. The Kier molecular flexibility index (Phi) is 6.51. The number of sulfonamides is 1. The lowest BCUT2D eigenvalue weighted by Crippen LogP contribution is -2.35. The van der Waals surface area contributed by atoms with Gasteiger partial charge in [0.1, 0.15) is 9.96 Å². The summed E-state index contributed by atoms with van der Waals surface area (Å²) in [7, 11) is -3.43. The maximum absolute atomic E-state index is 12.7. The second kappa shape index (κ2) is 8.86. The van der Waals surface area contributed by atoms with E-state index < -0.39 is 10.0 Å². The highest BCUT2D eigenvalue weighted by atomic mass is 32.2. The molecule has 0 unspecified atom stereocenters. The van der Waals surface area contributed by atoms with Crippen molar-refractivity contribution < 1.29 is 17.9 Å². The van der Waals surface area contributed by atoms with Crippen LogP contribution in [-0.4, -0.2) is 38.3 Å². The molecule has 2 aromatic rings. The van der Waals surface area contributed by atoms with Gasteiger partial charge in [0.15, 0.2) is 0 Å². The smallest absolute Gasteiger partial charge is 0.255 e. The molecule has 0 bridgehead atoms. The lowest BCUT2D eigenvalue weighted by atomic mass is 10.2. The molecule has 3 rings (SSSR count). The normalized spacial score (nSPS) is 15.4. The minimum Gasteiger partial charge on any atom is -0.493 e. The van der Waals surface area contributed by atoms with E-state index in [-0.39, 0.29) is 12.5 Å². The average Bonchev–Trinajstić information content (AvgIpc) is 3.17. The molecule has 0 spiro atoms. The lowest BCUT2D eigenvalue weighted by Gasteiger charge is -2.25. The van der Waals surface area contributed by atoms with Gasteiger partial charge in [-0.3, -0.25) is 4.79 Å². The van der Waals surface area contributed by atoms with E-state index in [9.17, 15) is 13.2 Å². The Morgan fingerprint density at radius 2 is 1.89 bits per heavy atom. The number of nitrogens with zero attached hydrogens (tertiary/aromatic N) is 1. The topological polar surface area (TPSA) is 75.7 Å². The van der Waals surface area contributed by atoms with Gasteiger partial charge in [-0.1, -0.05) is 18.6 Å². The van der Waals surface area contributed by atoms with Crippen LogP contribution in [0.3, 0.4) is 0 Å². The maximum Gasteiger partial charge on any atom is 0.255 e. The van der Waals surface area contributed by atoms with Crippen molar-refractivity contribution in [3.05, 3.63) is 46.8 Å². The number of carbonyl (C=O) groups is 1. The van der Waals surface area contributed by atoms with Crippen LogP contribution in [0.4, 0.5) is 0 Å². The first-order valence-electron chi connectivity index (χ1n) is 9.11. The molecule has 1 fully saturated rings. The largest absolute Gasteiger partial charge is 0.493 e. The molecular formula is C19H24N2O4S2. The second-order valence-electron chi connectivity index (χ2n) is 6.30. The Labute approximate surface area is 164 Å². The lowest BCUT2D eigenvalue weighted by molar-refractivity contribution is 0.0947. The van der Waals surface area contributed by atoms with Gasteiger partial charge in [0.25, 0.3) is 15.9 Å². The minimum atomic E-state index is -3.43. The van der Waals surface area contributed by atoms with Crippen LogP contribution in [0.1, 0.15) is 41.4 Å². The first kappa shape index (κ1) is 19.9. The monoisotopic (exact) mass is 408 g/mol. The Hall–Kier alpha value is -1.90. The van der Waals surface area contributed by atoms with Crippen LogP contribution >= 0.6 is 11.3 Å². The Morgan fingerprint density at radius 3 is 2.63 bits per heavy atom. The van der Waals surface area contributed by atoms with Crippen LogP contribution in [-0.2, 0) is 16.6 Å². The number of carbonyl (C=O) groups excluding carboxylic acids is 1. The quantitative estimate of drug-likeness (QED) is 0.763. The molecule has 0 radical (unpaired) electrons. The summed E-state index contributed by atoms with van der Waals surface area (Å²) < 4.78 is 32.8. The number of piperidine rings is 1. The molecule has 0 saturated carbocycles. The van der Waals surface area contributed by atoms with E-state index in [1.54, 1.807) is 34.6 Å². The van der Waals surface area contributed by atoms with Gasteiger partial charge >= 0.3 is 0 Å². The van der Waals surface area contributed by atoms with Crippen molar-refractivity contribution in [2.45, 2.75) is 36.9 Å². The second-order valence-corrected chi connectivity index (χ2v) is 9.63. The number of nitrogens with one attached hydrogen (secondary N) is 1. The molecule has 1 N–H and O–H groups in total. The molecule has 27 heavy (non-hydrogen) atoms. The molecule has 146 valence electrons. The molecule has 1 saturated heterocycles. The van der Waals surface area contributed by atoms with Crippen LogP contribution in [0.25, 0.3) is 0 Å². The predicted molar refractivity (Wildman–Crippen MR) is 106 cm³/mol. The van der Waals surface area contributed by atoms with Crippen molar-refractivity contribution in [3.8, 4) is 5.75 Å². The summed E-state index contributed by atoms with van der Waals surface area (Å²) >= 11 is 1.21. The van der Waals surface area contributed by atoms with Crippen molar-refractivity contribution >= 4 is 27.3 Å². The number of rotatable bonds is 7. The molecule has 1 aromatic carbocycles. The summed E-state index contributed by atoms with van der Waals surface area (Å²) in [6.07, 6.45) is 2.90. The number of thiophene rings is 1. The highest BCUT2D eigenvalue weighted by Gasteiger charge is 2.27. The molecule has 1 aromatic heterocycles. The fourth-order valence-electron chi connectivity index (χ4n) is 3.02. The van der Waals surface area contributed by atoms with E-state index in [1.165, 1.54) is 11.3 Å². The third-order valence-corrected chi connectivity index (χ3v) is 7.85. The number of para-hydroxylation sites is 1. The summed E-state index contributed by atoms with van der Waals surface area (Å²) in [6, 6.07) is 10.5. The van der Waals surface area contributed by atoms with Gasteiger partial charge in [0, 0.05) is 18.0 Å². The standard InChI is InChI=1S/C19H24N2O4S2/c1-2-25-17-9-5-4-8-16(17)19(22)20-14-15-10-11-18(26-15)27(23,24)21-12-6-3-7-13-21/h4-5,8-11H,2-3,6-7,12-14H2,1H3,(H,20,22). The maximum atomic E-state index is 12.7. The molecule has 6 nitrogen and oxygen atoms in total. The highest BCUT2D eigenvalue weighted by molar-refractivity contribution is 7.91. The number of benzene rings is 1. The Balaban J connectivity index is 1.65. The molecule has 1 amide bonds. The zero-order valence-corrected chi connectivity index (χ0v) is 16.9.